The second-order valence-electron chi connectivity index (χ2n) is 5.89. The first-order chi connectivity index (χ1) is 11.4. The third-order valence-corrected chi connectivity index (χ3v) is 2.65. The van der Waals surface area contributed by atoms with E-state index in [1.54, 1.807) is 20.8 Å². The first-order valence-electron chi connectivity index (χ1n) is 7.32. The molecule has 0 atom stereocenters. The molecule has 0 aliphatic heterocycles. The summed E-state index contributed by atoms with van der Waals surface area (Å²) in [5, 5.41) is 8.25. The minimum Gasteiger partial charge on any atom is -0.444 e. The highest BCUT2D eigenvalue weighted by Crippen LogP contribution is 2.24. The van der Waals surface area contributed by atoms with E-state index in [2.05, 4.69) is 20.7 Å². The molecular weight excluding hydrogens is 359 g/mol. The molecule has 10 heteroatoms. The molecule has 0 aliphatic rings. The van der Waals surface area contributed by atoms with Gasteiger partial charge >= 0.3 is 12.5 Å². The number of nitrogens with one attached hydrogen (secondary N) is 3. The van der Waals surface area contributed by atoms with E-state index in [4.69, 9.17) is 17.0 Å². The highest BCUT2D eigenvalue weighted by Gasteiger charge is 2.31. The maximum atomic E-state index is 12.2. The number of hydrogen-bond donors (Lipinski definition) is 3. The second-order valence-corrected chi connectivity index (χ2v) is 6.29. The predicted molar refractivity (Wildman–Crippen MR) is 91.6 cm³/mol. The Morgan fingerprint density at radius 2 is 1.80 bits per heavy atom. The number of carbonyl (C=O) groups excluding carboxylic acids is 1. The molecule has 25 heavy (non-hydrogen) atoms. The maximum Gasteiger partial charge on any atom is 0.573 e. The molecule has 0 fully saturated rings. The van der Waals surface area contributed by atoms with Gasteiger partial charge in [0.2, 0.25) is 0 Å². The fourth-order valence-corrected chi connectivity index (χ4v) is 1.82. The van der Waals surface area contributed by atoms with Crippen molar-refractivity contribution in [2.24, 2.45) is 0 Å². The number of alkyl halides is 3. The normalized spacial score (nSPS) is 11.4. The summed E-state index contributed by atoms with van der Waals surface area (Å²) < 4.78 is 45.4. The van der Waals surface area contributed by atoms with Crippen molar-refractivity contribution in [2.45, 2.75) is 32.7 Å². The molecule has 6 nitrogen and oxygen atoms in total. The number of hydrogen-bond acceptors (Lipinski definition) is 4. The maximum absolute atomic E-state index is 12.2. The lowest BCUT2D eigenvalue weighted by Gasteiger charge is -2.19. The molecule has 1 amide bonds. The number of rotatable bonds is 5. The van der Waals surface area contributed by atoms with Crippen molar-refractivity contribution in [3.8, 4) is 5.75 Å². The summed E-state index contributed by atoms with van der Waals surface area (Å²) in [6.07, 6.45) is -5.31. The molecule has 0 saturated carbocycles. The Labute approximate surface area is 149 Å². The molecule has 0 heterocycles. The summed E-state index contributed by atoms with van der Waals surface area (Å²) in [6.45, 7) is 5.82. The van der Waals surface area contributed by atoms with Crippen LogP contribution in [0.2, 0.25) is 0 Å². The summed E-state index contributed by atoms with van der Waals surface area (Å²) in [5.74, 6) is -0.355. The van der Waals surface area contributed by atoms with Gasteiger partial charge in [0.15, 0.2) is 5.11 Å². The lowest BCUT2D eigenvalue weighted by atomic mass is 10.2. The van der Waals surface area contributed by atoms with Gasteiger partial charge in [-0.1, -0.05) is 6.07 Å². The van der Waals surface area contributed by atoms with Crippen LogP contribution < -0.4 is 20.7 Å². The van der Waals surface area contributed by atoms with E-state index in [9.17, 15) is 18.0 Å². The van der Waals surface area contributed by atoms with Crippen LogP contribution in [-0.2, 0) is 4.74 Å². The third-order valence-electron chi connectivity index (χ3n) is 2.40. The average Bonchev–Trinajstić information content (AvgIpc) is 2.40. The van der Waals surface area contributed by atoms with Crippen molar-refractivity contribution in [3.63, 3.8) is 0 Å². The van der Waals surface area contributed by atoms with Gasteiger partial charge in [-0.15, -0.1) is 13.2 Å². The van der Waals surface area contributed by atoms with E-state index >= 15 is 0 Å². The van der Waals surface area contributed by atoms with Crippen molar-refractivity contribution in [3.05, 3.63) is 24.3 Å². The summed E-state index contributed by atoms with van der Waals surface area (Å²) in [6, 6.07) is 5.28. The quantitative estimate of drug-likeness (QED) is 0.538. The smallest absolute Gasteiger partial charge is 0.444 e. The first-order valence-corrected chi connectivity index (χ1v) is 7.73. The Bertz CT molecular complexity index is 604. The standard InChI is InChI=1S/C15H20F3N3O3S/c1-14(2,3)24-13(22)20-8-7-19-12(25)21-10-5-4-6-11(9-10)23-15(16,17)18/h4-6,9H,7-8H2,1-3H3,(H,20,22)(H2,19,21,25). The van der Waals surface area contributed by atoms with Crippen LogP contribution in [0, 0.1) is 0 Å². The van der Waals surface area contributed by atoms with Gasteiger partial charge in [0.25, 0.3) is 0 Å². The van der Waals surface area contributed by atoms with E-state index in [-0.39, 0.29) is 17.4 Å². The van der Waals surface area contributed by atoms with Crippen LogP contribution >= 0.6 is 12.2 Å². The SMILES string of the molecule is CC(C)(C)OC(=O)NCCNC(=S)Nc1cccc(OC(F)(F)F)c1. The van der Waals surface area contributed by atoms with E-state index in [1.807, 2.05) is 0 Å². The Hall–Kier alpha value is -2.23. The molecule has 0 spiro atoms. The van der Waals surface area contributed by atoms with E-state index in [1.165, 1.54) is 24.3 Å². The fourth-order valence-electron chi connectivity index (χ4n) is 1.60. The van der Waals surface area contributed by atoms with Crippen molar-refractivity contribution >= 4 is 29.1 Å². The van der Waals surface area contributed by atoms with Crippen molar-refractivity contribution < 1.29 is 27.4 Å². The number of benzene rings is 1. The molecule has 0 radical (unpaired) electrons. The number of anilines is 1. The fraction of sp³-hybridized carbons (Fsp3) is 0.467. The second kappa shape index (κ2) is 8.75. The number of ether oxygens (including phenoxy) is 2. The lowest BCUT2D eigenvalue weighted by molar-refractivity contribution is -0.274. The zero-order valence-corrected chi connectivity index (χ0v) is 14.8. The highest BCUT2D eigenvalue weighted by atomic mass is 32.1. The van der Waals surface area contributed by atoms with E-state index < -0.39 is 18.1 Å². The van der Waals surface area contributed by atoms with Crippen molar-refractivity contribution in [1.29, 1.82) is 0 Å². The molecule has 1 aromatic carbocycles. The van der Waals surface area contributed by atoms with Crippen molar-refractivity contribution in [1.82, 2.24) is 10.6 Å². The predicted octanol–water partition coefficient (Wildman–Crippen LogP) is 3.40. The summed E-state index contributed by atoms with van der Waals surface area (Å²) in [5.41, 5.74) is -0.253. The van der Waals surface area contributed by atoms with Gasteiger partial charge in [0.05, 0.1) is 0 Å². The molecule has 140 valence electrons. The summed E-state index contributed by atoms with van der Waals surface area (Å²) in [4.78, 5) is 11.4. The molecule has 1 aromatic rings. The van der Waals surface area contributed by atoms with Crippen LogP contribution in [0.3, 0.4) is 0 Å². The largest absolute Gasteiger partial charge is 0.573 e. The van der Waals surface area contributed by atoms with Gasteiger partial charge in [-0.25, -0.2) is 4.79 Å². The van der Waals surface area contributed by atoms with Crippen LogP contribution in [0.4, 0.5) is 23.7 Å². The van der Waals surface area contributed by atoms with Crippen LogP contribution in [0.1, 0.15) is 20.8 Å². The van der Waals surface area contributed by atoms with Gasteiger partial charge in [0, 0.05) is 24.8 Å². The molecule has 0 saturated heterocycles. The Kier molecular flexibility index (Phi) is 7.28. The summed E-state index contributed by atoms with van der Waals surface area (Å²) >= 11 is 5.03. The first kappa shape index (κ1) is 20.8. The Balaban J connectivity index is 2.35. The number of amides is 1. The zero-order chi connectivity index (χ0) is 19.1. The number of alkyl carbamates (subject to hydrolysis) is 1. The topological polar surface area (TPSA) is 71.6 Å². The highest BCUT2D eigenvalue weighted by molar-refractivity contribution is 7.80. The third kappa shape index (κ3) is 10.3. The molecule has 1 rings (SSSR count). The van der Waals surface area contributed by atoms with Gasteiger partial charge in [0.1, 0.15) is 11.4 Å². The minimum atomic E-state index is -4.76. The van der Waals surface area contributed by atoms with Gasteiger partial charge in [-0.3, -0.25) is 0 Å². The molecular formula is C15H20F3N3O3S. The zero-order valence-electron chi connectivity index (χ0n) is 14.0. The molecule has 0 aliphatic carbocycles. The molecule has 3 N–H and O–H groups in total. The van der Waals surface area contributed by atoms with Crippen LogP contribution in [-0.4, -0.2) is 36.3 Å². The van der Waals surface area contributed by atoms with Crippen LogP contribution in [0.5, 0.6) is 5.75 Å². The van der Waals surface area contributed by atoms with Gasteiger partial charge in [-0.05, 0) is 45.1 Å². The van der Waals surface area contributed by atoms with Gasteiger partial charge in [-0.2, -0.15) is 0 Å². The van der Waals surface area contributed by atoms with E-state index in [0.29, 0.717) is 12.2 Å². The van der Waals surface area contributed by atoms with Crippen LogP contribution in [0.15, 0.2) is 24.3 Å². The summed E-state index contributed by atoms with van der Waals surface area (Å²) in [7, 11) is 0. The monoisotopic (exact) mass is 379 g/mol. The van der Waals surface area contributed by atoms with Gasteiger partial charge < -0.3 is 25.4 Å². The lowest BCUT2D eigenvalue weighted by Crippen LogP contribution is -2.39. The molecule has 0 bridgehead atoms. The number of thiocarbonyl (C=S) groups is 1. The van der Waals surface area contributed by atoms with Crippen molar-refractivity contribution in [2.75, 3.05) is 18.4 Å². The molecule has 0 aromatic heterocycles. The number of carbonyl (C=O) groups is 1. The molecule has 0 unspecified atom stereocenters. The Morgan fingerprint density at radius 1 is 1.16 bits per heavy atom. The van der Waals surface area contributed by atoms with E-state index in [0.717, 1.165) is 0 Å². The number of halogens is 3. The Morgan fingerprint density at radius 3 is 2.40 bits per heavy atom. The average molecular weight is 379 g/mol. The minimum absolute atomic E-state index is 0.190. The van der Waals surface area contributed by atoms with Crippen LogP contribution in [0.25, 0.3) is 0 Å².